The van der Waals surface area contributed by atoms with Crippen LogP contribution < -0.4 is 19.5 Å². The van der Waals surface area contributed by atoms with Gasteiger partial charge in [0.1, 0.15) is 11.4 Å². The fourth-order valence-corrected chi connectivity index (χ4v) is 3.95. The second-order valence-electron chi connectivity index (χ2n) is 6.40. The van der Waals surface area contributed by atoms with Crippen LogP contribution in [0, 0.1) is 0 Å². The van der Waals surface area contributed by atoms with Gasteiger partial charge in [0.15, 0.2) is 16.6 Å². The van der Waals surface area contributed by atoms with Crippen molar-refractivity contribution in [3.05, 3.63) is 23.4 Å². The molecule has 0 spiro atoms. The average molecular weight is 360 g/mol. The molecular weight excluding hydrogens is 340 g/mol. The predicted octanol–water partition coefficient (Wildman–Crippen LogP) is 2.81. The minimum atomic E-state index is -0.0726. The van der Waals surface area contributed by atoms with E-state index in [1.54, 1.807) is 24.2 Å². The van der Waals surface area contributed by atoms with Gasteiger partial charge < -0.3 is 19.5 Å². The highest BCUT2D eigenvalue weighted by atomic mass is 32.1. The molecule has 132 valence electrons. The van der Waals surface area contributed by atoms with E-state index < -0.39 is 0 Å². The van der Waals surface area contributed by atoms with Crippen molar-refractivity contribution in [2.45, 2.75) is 38.1 Å². The Morgan fingerprint density at radius 2 is 1.96 bits per heavy atom. The Morgan fingerprint density at radius 3 is 2.68 bits per heavy atom. The highest BCUT2D eigenvalue weighted by Crippen LogP contribution is 2.39. The first kappa shape index (κ1) is 16.2. The fourth-order valence-electron chi connectivity index (χ4n) is 3.60. The number of hydrogen-bond acceptors (Lipinski definition) is 5. The summed E-state index contributed by atoms with van der Waals surface area (Å²) in [7, 11) is 1.59. The number of rotatable bonds is 3. The van der Waals surface area contributed by atoms with E-state index in [-0.39, 0.29) is 18.7 Å². The van der Waals surface area contributed by atoms with Crippen LogP contribution in [0.1, 0.15) is 37.7 Å². The van der Waals surface area contributed by atoms with Crippen LogP contribution in [0.5, 0.6) is 17.2 Å². The summed E-state index contributed by atoms with van der Waals surface area (Å²) >= 11 is 5.41. The quantitative estimate of drug-likeness (QED) is 0.661. The maximum absolute atomic E-state index is 12.9. The Hall–Kier alpha value is -2.28. The first-order valence-electron chi connectivity index (χ1n) is 8.51. The minimum Gasteiger partial charge on any atom is -0.496 e. The molecule has 2 heterocycles. The molecule has 0 unspecified atom stereocenters. The molecule has 1 amide bonds. The molecule has 1 aliphatic carbocycles. The third-order valence-electron chi connectivity index (χ3n) is 4.87. The van der Waals surface area contributed by atoms with Gasteiger partial charge in [0, 0.05) is 17.7 Å². The number of nitrogens with one attached hydrogen (secondary N) is 1. The maximum atomic E-state index is 12.9. The van der Waals surface area contributed by atoms with Gasteiger partial charge in [0.2, 0.25) is 6.79 Å². The minimum absolute atomic E-state index is 0.0726. The number of amides is 1. The van der Waals surface area contributed by atoms with Crippen LogP contribution >= 0.6 is 12.2 Å². The number of methoxy groups -OCH3 is 1. The number of fused-ring (bicyclic) bond motifs is 1. The van der Waals surface area contributed by atoms with E-state index in [4.69, 9.17) is 26.4 Å². The van der Waals surface area contributed by atoms with Gasteiger partial charge in [-0.3, -0.25) is 9.69 Å². The second-order valence-corrected chi connectivity index (χ2v) is 6.79. The Bertz CT molecular complexity index is 756. The monoisotopic (exact) mass is 360 g/mol. The highest BCUT2D eigenvalue weighted by molar-refractivity contribution is 7.80. The number of hydrogen-bond donors (Lipinski definition) is 1. The molecule has 0 radical (unpaired) electrons. The van der Waals surface area contributed by atoms with Gasteiger partial charge in [-0.05, 0) is 37.2 Å². The van der Waals surface area contributed by atoms with Crippen molar-refractivity contribution in [3.8, 4) is 17.2 Å². The van der Waals surface area contributed by atoms with Gasteiger partial charge in [-0.1, -0.05) is 19.3 Å². The molecule has 1 N–H and O–H groups in total. The summed E-state index contributed by atoms with van der Waals surface area (Å²) in [5.74, 6) is 1.83. The third-order valence-corrected chi connectivity index (χ3v) is 5.17. The number of carbonyl (C=O) groups excluding carboxylic acids is 1. The van der Waals surface area contributed by atoms with E-state index in [1.165, 1.54) is 6.42 Å². The summed E-state index contributed by atoms with van der Waals surface area (Å²) in [6.45, 7) is 0.190. The Balaban J connectivity index is 1.64. The molecule has 3 aliphatic rings. The normalized spacial score (nSPS) is 21.8. The molecule has 2 fully saturated rings. The number of thiocarbonyl (C=S) groups is 1. The molecule has 0 atom stereocenters. The van der Waals surface area contributed by atoms with Crippen molar-refractivity contribution in [1.29, 1.82) is 0 Å². The molecule has 7 heteroatoms. The van der Waals surface area contributed by atoms with E-state index in [1.807, 2.05) is 6.07 Å². The van der Waals surface area contributed by atoms with E-state index in [2.05, 4.69) is 5.32 Å². The van der Waals surface area contributed by atoms with E-state index >= 15 is 0 Å². The molecule has 0 aromatic heterocycles. The van der Waals surface area contributed by atoms with Gasteiger partial charge >= 0.3 is 0 Å². The topological polar surface area (TPSA) is 60.0 Å². The van der Waals surface area contributed by atoms with Crippen molar-refractivity contribution in [2.75, 3.05) is 13.9 Å². The Labute approximate surface area is 151 Å². The zero-order valence-electron chi connectivity index (χ0n) is 14.0. The number of carbonyl (C=O) groups is 1. The van der Waals surface area contributed by atoms with Crippen LogP contribution in [0.15, 0.2) is 17.8 Å². The van der Waals surface area contributed by atoms with Crippen LogP contribution in [0.4, 0.5) is 0 Å². The SMILES string of the molecule is COc1cc2c(cc1/C=C1\NC(=S)N(C3CCCCC3)C1=O)OCO2. The van der Waals surface area contributed by atoms with Crippen LogP contribution in [0.25, 0.3) is 6.08 Å². The van der Waals surface area contributed by atoms with Crippen molar-refractivity contribution in [2.24, 2.45) is 0 Å². The number of nitrogens with zero attached hydrogens (tertiary/aromatic N) is 1. The molecule has 1 aromatic rings. The number of benzene rings is 1. The molecule has 6 nitrogen and oxygen atoms in total. The summed E-state index contributed by atoms with van der Waals surface area (Å²) < 4.78 is 16.2. The molecule has 1 aromatic carbocycles. The summed E-state index contributed by atoms with van der Waals surface area (Å²) in [6.07, 6.45) is 7.30. The highest BCUT2D eigenvalue weighted by Gasteiger charge is 2.36. The lowest BCUT2D eigenvalue weighted by atomic mass is 9.94. The molecule has 0 bridgehead atoms. The average Bonchev–Trinajstić information content (AvgIpc) is 3.19. The Kier molecular flexibility index (Phi) is 4.25. The first-order chi connectivity index (χ1) is 12.2. The number of ether oxygens (including phenoxy) is 3. The van der Waals surface area contributed by atoms with E-state index in [9.17, 15) is 4.79 Å². The lowest BCUT2D eigenvalue weighted by molar-refractivity contribution is -0.124. The standard InChI is InChI=1S/C18H20N2O4S/c1-22-14-9-16-15(23-10-24-16)8-11(14)7-13-17(21)20(18(25)19-13)12-5-3-2-4-6-12/h7-9,12H,2-6,10H2,1H3,(H,19,25)/b13-7-. The van der Waals surface area contributed by atoms with Gasteiger partial charge in [0.25, 0.3) is 5.91 Å². The van der Waals surface area contributed by atoms with Crippen molar-refractivity contribution in [3.63, 3.8) is 0 Å². The summed E-state index contributed by atoms with van der Waals surface area (Å²) in [4.78, 5) is 14.6. The molecule has 1 saturated heterocycles. The third kappa shape index (κ3) is 2.93. The van der Waals surface area contributed by atoms with Gasteiger partial charge in [-0.2, -0.15) is 0 Å². The van der Waals surface area contributed by atoms with Crippen molar-refractivity contribution >= 4 is 29.3 Å². The zero-order chi connectivity index (χ0) is 17.4. The summed E-state index contributed by atoms with van der Waals surface area (Å²) in [5, 5.41) is 3.55. The molecule has 4 rings (SSSR count). The van der Waals surface area contributed by atoms with Crippen molar-refractivity contribution < 1.29 is 19.0 Å². The van der Waals surface area contributed by atoms with E-state index in [0.29, 0.717) is 28.1 Å². The smallest absolute Gasteiger partial charge is 0.276 e. The van der Waals surface area contributed by atoms with Gasteiger partial charge in [-0.25, -0.2) is 0 Å². The largest absolute Gasteiger partial charge is 0.496 e. The molecule has 25 heavy (non-hydrogen) atoms. The van der Waals surface area contributed by atoms with Crippen LogP contribution in [0.2, 0.25) is 0 Å². The molecular formula is C18H20N2O4S. The second kappa shape index (κ2) is 6.55. The van der Waals surface area contributed by atoms with Crippen LogP contribution in [-0.2, 0) is 4.79 Å². The van der Waals surface area contributed by atoms with E-state index in [0.717, 1.165) is 31.2 Å². The van der Waals surface area contributed by atoms with Crippen LogP contribution in [0.3, 0.4) is 0 Å². The maximum Gasteiger partial charge on any atom is 0.276 e. The first-order valence-corrected chi connectivity index (χ1v) is 8.92. The predicted molar refractivity (Wildman–Crippen MR) is 96.5 cm³/mol. The van der Waals surface area contributed by atoms with Crippen LogP contribution in [-0.4, -0.2) is 35.9 Å². The molecule has 1 saturated carbocycles. The molecule has 2 aliphatic heterocycles. The lowest BCUT2D eigenvalue weighted by Crippen LogP contribution is -2.41. The van der Waals surface area contributed by atoms with Gasteiger partial charge in [0.05, 0.1) is 7.11 Å². The zero-order valence-corrected chi connectivity index (χ0v) is 14.9. The van der Waals surface area contributed by atoms with Gasteiger partial charge in [-0.15, -0.1) is 0 Å². The lowest BCUT2D eigenvalue weighted by Gasteiger charge is -2.29. The van der Waals surface area contributed by atoms with Crippen molar-refractivity contribution in [1.82, 2.24) is 10.2 Å². The Morgan fingerprint density at radius 1 is 1.24 bits per heavy atom. The summed E-state index contributed by atoms with van der Waals surface area (Å²) in [5.41, 5.74) is 1.21. The fraction of sp³-hybridized carbons (Fsp3) is 0.444. The summed E-state index contributed by atoms with van der Waals surface area (Å²) in [6, 6.07) is 3.78.